The Labute approximate surface area is 240 Å². The Morgan fingerprint density at radius 2 is 1.62 bits per heavy atom. The van der Waals surface area contributed by atoms with Crippen molar-refractivity contribution in [2.45, 2.75) is 30.8 Å². The standard InChI is InChI=1S/C31H36N4O4S/c1-34(20-19-23-13-18-27(38-3)28(22-23)39-4)29(36)12-8-9-21-40-31-33-32-30(24-10-6-5-7-11-24)35(31)25-14-16-26(37-2)17-15-25/h5-7,10-11,13-18,22H,8-9,12,19-21H2,1-4H3. The minimum atomic E-state index is 0.151. The Hall–Kier alpha value is -3.98. The van der Waals surface area contributed by atoms with Crippen LogP contribution in [0.4, 0.5) is 0 Å². The van der Waals surface area contributed by atoms with E-state index in [0.29, 0.717) is 24.5 Å². The Bertz CT molecular complexity index is 1380. The number of methoxy groups -OCH3 is 3. The van der Waals surface area contributed by atoms with Gasteiger partial charge in [-0.25, -0.2) is 0 Å². The maximum atomic E-state index is 12.7. The summed E-state index contributed by atoms with van der Waals surface area (Å²) in [6.07, 6.45) is 2.98. The lowest BCUT2D eigenvalue weighted by Crippen LogP contribution is -2.28. The van der Waals surface area contributed by atoms with Gasteiger partial charge in [-0.1, -0.05) is 48.2 Å². The van der Waals surface area contributed by atoms with Crippen molar-refractivity contribution in [1.29, 1.82) is 0 Å². The highest BCUT2D eigenvalue weighted by atomic mass is 32.2. The number of hydrogen-bond acceptors (Lipinski definition) is 7. The number of unbranched alkanes of at least 4 members (excludes halogenated alkanes) is 1. The van der Waals surface area contributed by atoms with Gasteiger partial charge in [-0.05, 0) is 61.2 Å². The number of rotatable bonds is 14. The van der Waals surface area contributed by atoms with Crippen LogP contribution in [0.5, 0.6) is 17.2 Å². The summed E-state index contributed by atoms with van der Waals surface area (Å²) in [5, 5.41) is 9.83. The zero-order chi connectivity index (χ0) is 28.3. The molecule has 0 atom stereocenters. The first-order chi connectivity index (χ1) is 19.5. The molecule has 0 aliphatic rings. The molecule has 0 radical (unpaired) electrons. The van der Waals surface area contributed by atoms with Crippen LogP contribution >= 0.6 is 11.8 Å². The Kier molecular flexibility index (Phi) is 10.5. The summed E-state index contributed by atoms with van der Waals surface area (Å²) in [6, 6.07) is 23.8. The molecule has 0 saturated heterocycles. The fourth-order valence-corrected chi connectivity index (χ4v) is 5.24. The second-order valence-corrected chi connectivity index (χ2v) is 10.3. The molecule has 0 aliphatic carbocycles. The minimum Gasteiger partial charge on any atom is -0.497 e. The van der Waals surface area contributed by atoms with Gasteiger partial charge in [0.15, 0.2) is 22.5 Å². The number of nitrogens with zero attached hydrogens (tertiary/aromatic N) is 4. The summed E-state index contributed by atoms with van der Waals surface area (Å²) in [4.78, 5) is 14.5. The van der Waals surface area contributed by atoms with Crippen LogP contribution in [0.25, 0.3) is 17.1 Å². The van der Waals surface area contributed by atoms with Crippen molar-refractivity contribution in [2.75, 3.05) is 40.7 Å². The van der Waals surface area contributed by atoms with Crippen LogP contribution < -0.4 is 14.2 Å². The number of likely N-dealkylation sites (N-methyl/N-ethyl adjacent to an activating group) is 1. The quantitative estimate of drug-likeness (QED) is 0.140. The molecular formula is C31H36N4O4S. The van der Waals surface area contributed by atoms with Crippen LogP contribution in [0, 0.1) is 0 Å². The van der Waals surface area contributed by atoms with E-state index in [0.717, 1.165) is 58.6 Å². The zero-order valence-electron chi connectivity index (χ0n) is 23.5. The summed E-state index contributed by atoms with van der Waals surface area (Å²) in [6.45, 7) is 0.649. The van der Waals surface area contributed by atoms with Crippen LogP contribution in [0.2, 0.25) is 0 Å². The minimum absolute atomic E-state index is 0.151. The van der Waals surface area contributed by atoms with Crippen molar-refractivity contribution in [3.05, 3.63) is 78.4 Å². The van der Waals surface area contributed by atoms with Crippen LogP contribution in [-0.4, -0.2) is 66.2 Å². The van der Waals surface area contributed by atoms with E-state index >= 15 is 0 Å². The van der Waals surface area contributed by atoms with Crippen LogP contribution in [0.15, 0.2) is 78.0 Å². The molecule has 3 aromatic carbocycles. The molecule has 1 amide bonds. The Morgan fingerprint density at radius 1 is 0.875 bits per heavy atom. The third kappa shape index (κ3) is 7.35. The highest BCUT2D eigenvalue weighted by Crippen LogP contribution is 2.30. The van der Waals surface area contributed by atoms with Gasteiger partial charge in [0.25, 0.3) is 0 Å². The van der Waals surface area contributed by atoms with Gasteiger partial charge < -0.3 is 19.1 Å². The van der Waals surface area contributed by atoms with Crippen molar-refractivity contribution >= 4 is 17.7 Å². The zero-order valence-corrected chi connectivity index (χ0v) is 24.3. The molecule has 0 fully saturated rings. The first-order valence-corrected chi connectivity index (χ1v) is 14.3. The molecule has 0 aliphatic heterocycles. The number of thioether (sulfide) groups is 1. The molecule has 1 heterocycles. The normalized spacial score (nSPS) is 10.8. The summed E-state index contributed by atoms with van der Waals surface area (Å²) in [5.41, 5.74) is 3.07. The highest BCUT2D eigenvalue weighted by molar-refractivity contribution is 7.99. The lowest BCUT2D eigenvalue weighted by atomic mass is 10.1. The van der Waals surface area contributed by atoms with E-state index in [2.05, 4.69) is 14.8 Å². The fraction of sp³-hybridized carbons (Fsp3) is 0.323. The van der Waals surface area contributed by atoms with Crippen LogP contribution in [-0.2, 0) is 11.2 Å². The van der Waals surface area contributed by atoms with Gasteiger partial charge in [-0.3, -0.25) is 9.36 Å². The SMILES string of the molecule is COc1ccc(-n2c(SCCCCC(=O)N(C)CCc3ccc(OC)c(OC)c3)nnc2-c2ccccc2)cc1. The largest absolute Gasteiger partial charge is 0.497 e. The molecular weight excluding hydrogens is 524 g/mol. The number of amides is 1. The molecule has 210 valence electrons. The molecule has 0 spiro atoms. The summed E-state index contributed by atoms with van der Waals surface area (Å²) >= 11 is 1.65. The van der Waals surface area contributed by atoms with Crippen LogP contribution in [0.3, 0.4) is 0 Å². The lowest BCUT2D eigenvalue weighted by Gasteiger charge is -2.17. The van der Waals surface area contributed by atoms with Crippen molar-refractivity contribution in [1.82, 2.24) is 19.7 Å². The van der Waals surface area contributed by atoms with Crippen molar-refractivity contribution in [3.63, 3.8) is 0 Å². The number of carbonyl (C=O) groups excluding carboxylic acids is 1. The van der Waals surface area contributed by atoms with Gasteiger partial charge in [0, 0.05) is 37.0 Å². The third-order valence-corrected chi connectivity index (χ3v) is 7.64. The maximum Gasteiger partial charge on any atom is 0.222 e. The van der Waals surface area contributed by atoms with Gasteiger partial charge >= 0.3 is 0 Å². The van der Waals surface area contributed by atoms with Gasteiger partial charge in [-0.15, -0.1) is 10.2 Å². The van der Waals surface area contributed by atoms with Gasteiger partial charge in [0.1, 0.15) is 5.75 Å². The topological polar surface area (TPSA) is 78.7 Å². The van der Waals surface area contributed by atoms with Gasteiger partial charge in [0.05, 0.1) is 21.3 Å². The van der Waals surface area contributed by atoms with E-state index < -0.39 is 0 Å². The predicted molar refractivity (Wildman–Crippen MR) is 159 cm³/mol. The summed E-state index contributed by atoms with van der Waals surface area (Å²) < 4.78 is 18.1. The molecule has 0 bridgehead atoms. The smallest absolute Gasteiger partial charge is 0.222 e. The van der Waals surface area contributed by atoms with Crippen molar-refractivity contribution in [3.8, 4) is 34.3 Å². The number of benzene rings is 3. The average molecular weight is 561 g/mol. The average Bonchev–Trinajstić information content (AvgIpc) is 3.43. The third-order valence-electron chi connectivity index (χ3n) is 6.62. The second kappa shape index (κ2) is 14.4. The number of hydrogen-bond donors (Lipinski definition) is 0. The molecule has 8 nitrogen and oxygen atoms in total. The number of carbonyl (C=O) groups is 1. The van der Waals surface area contributed by atoms with E-state index in [-0.39, 0.29) is 5.91 Å². The van der Waals surface area contributed by atoms with Crippen LogP contribution in [0.1, 0.15) is 24.8 Å². The summed E-state index contributed by atoms with van der Waals surface area (Å²) in [5.74, 6) is 3.98. The van der Waals surface area contributed by atoms with Crippen molar-refractivity contribution < 1.29 is 19.0 Å². The molecule has 4 aromatic rings. The first kappa shape index (κ1) is 29.0. The monoisotopic (exact) mass is 560 g/mol. The number of aromatic nitrogens is 3. The van der Waals surface area contributed by atoms with Crippen molar-refractivity contribution in [2.24, 2.45) is 0 Å². The molecule has 40 heavy (non-hydrogen) atoms. The first-order valence-electron chi connectivity index (χ1n) is 13.3. The highest BCUT2D eigenvalue weighted by Gasteiger charge is 2.16. The molecule has 0 N–H and O–H groups in total. The molecule has 1 aromatic heterocycles. The van der Waals surface area contributed by atoms with Gasteiger partial charge in [-0.2, -0.15) is 0 Å². The number of ether oxygens (including phenoxy) is 3. The maximum absolute atomic E-state index is 12.7. The molecule has 4 rings (SSSR count). The van der Waals surface area contributed by atoms with E-state index in [1.165, 1.54) is 0 Å². The Morgan fingerprint density at radius 3 is 2.33 bits per heavy atom. The van der Waals surface area contributed by atoms with E-state index in [1.807, 2.05) is 79.8 Å². The molecule has 0 unspecified atom stereocenters. The summed E-state index contributed by atoms with van der Waals surface area (Å²) in [7, 11) is 6.77. The Balaban J connectivity index is 1.29. The van der Waals surface area contributed by atoms with E-state index in [9.17, 15) is 4.79 Å². The molecule has 0 saturated carbocycles. The second-order valence-electron chi connectivity index (χ2n) is 9.27. The lowest BCUT2D eigenvalue weighted by molar-refractivity contribution is -0.129. The predicted octanol–water partition coefficient (Wildman–Crippen LogP) is 5.92. The van der Waals surface area contributed by atoms with E-state index in [1.54, 1.807) is 38.0 Å². The molecule has 9 heteroatoms. The fourth-order valence-electron chi connectivity index (χ4n) is 4.29. The van der Waals surface area contributed by atoms with Gasteiger partial charge in [0.2, 0.25) is 5.91 Å². The van der Waals surface area contributed by atoms with E-state index in [4.69, 9.17) is 14.2 Å².